The highest BCUT2D eigenvalue weighted by molar-refractivity contribution is 7.90. The number of benzene rings is 2. The van der Waals surface area contributed by atoms with Crippen LogP contribution in [0.1, 0.15) is 5.56 Å². The number of sulfonamides is 1. The molecule has 8 heteroatoms. The molecular weight excluding hydrogens is 350 g/mol. The van der Waals surface area contributed by atoms with E-state index >= 15 is 0 Å². The van der Waals surface area contributed by atoms with Gasteiger partial charge in [0.15, 0.2) is 0 Å². The van der Waals surface area contributed by atoms with Crippen LogP contribution in [0.25, 0.3) is 0 Å². The lowest BCUT2D eigenvalue weighted by atomic mass is 10.2. The van der Waals surface area contributed by atoms with E-state index < -0.39 is 26.6 Å². The number of ether oxygens (including phenoxy) is 1. The van der Waals surface area contributed by atoms with Crippen LogP contribution in [0.2, 0.25) is 0 Å². The van der Waals surface area contributed by atoms with Crippen LogP contribution >= 0.6 is 0 Å². The van der Waals surface area contributed by atoms with Crippen molar-refractivity contribution in [2.75, 3.05) is 26.3 Å². The second-order valence-corrected chi connectivity index (χ2v) is 7.00. The van der Waals surface area contributed by atoms with Gasteiger partial charge in [-0.25, -0.2) is 8.78 Å². The number of amidine groups is 1. The van der Waals surface area contributed by atoms with E-state index in [-0.39, 0.29) is 5.84 Å². The first-order valence-corrected chi connectivity index (χ1v) is 9.09. The summed E-state index contributed by atoms with van der Waals surface area (Å²) in [5, 5.41) is 0. The molecule has 0 N–H and O–H groups in total. The van der Waals surface area contributed by atoms with Crippen LogP contribution in [0.3, 0.4) is 0 Å². The summed E-state index contributed by atoms with van der Waals surface area (Å²) < 4.78 is 61.3. The molecular formula is C17H16F2N2O3S. The van der Waals surface area contributed by atoms with Crippen LogP contribution in [-0.2, 0) is 14.8 Å². The van der Waals surface area contributed by atoms with Gasteiger partial charge in [-0.2, -0.15) is 8.42 Å². The van der Waals surface area contributed by atoms with Gasteiger partial charge in [-0.3, -0.25) is 0 Å². The van der Waals surface area contributed by atoms with Crippen molar-refractivity contribution in [2.45, 2.75) is 4.90 Å². The molecule has 0 amide bonds. The molecule has 0 spiro atoms. The third-order valence-electron chi connectivity index (χ3n) is 3.72. The number of rotatable bonds is 3. The summed E-state index contributed by atoms with van der Waals surface area (Å²) in [4.78, 5) is 1.12. The average Bonchev–Trinajstić information content (AvgIpc) is 2.61. The van der Waals surface area contributed by atoms with E-state index in [0.29, 0.717) is 37.9 Å². The Balaban J connectivity index is 2.08. The van der Waals surface area contributed by atoms with Crippen molar-refractivity contribution in [1.29, 1.82) is 0 Å². The fourth-order valence-corrected chi connectivity index (χ4v) is 3.60. The highest BCUT2D eigenvalue weighted by atomic mass is 32.2. The molecule has 3 rings (SSSR count). The molecule has 0 radical (unpaired) electrons. The lowest BCUT2D eigenvalue weighted by Crippen LogP contribution is -2.41. The third-order valence-corrected chi connectivity index (χ3v) is 5.02. The molecule has 5 nitrogen and oxygen atoms in total. The van der Waals surface area contributed by atoms with Gasteiger partial charge in [0.05, 0.1) is 13.2 Å². The third kappa shape index (κ3) is 4.02. The Labute approximate surface area is 144 Å². The summed E-state index contributed by atoms with van der Waals surface area (Å²) in [6.45, 7) is 1.82. The zero-order valence-corrected chi connectivity index (χ0v) is 14.0. The Bertz CT molecular complexity index is 880. The lowest BCUT2D eigenvalue weighted by molar-refractivity contribution is 0.0683. The summed E-state index contributed by atoms with van der Waals surface area (Å²) >= 11 is 0. The van der Waals surface area contributed by atoms with Crippen molar-refractivity contribution in [2.24, 2.45) is 4.40 Å². The van der Waals surface area contributed by atoms with Gasteiger partial charge in [0.2, 0.25) is 0 Å². The van der Waals surface area contributed by atoms with E-state index in [1.807, 2.05) is 0 Å². The normalized spacial score (nSPS) is 16.1. The van der Waals surface area contributed by atoms with Crippen LogP contribution in [0, 0.1) is 11.6 Å². The molecule has 25 heavy (non-hydrogen) atoms. The SMILES string of the molecule is O=S(=O)(N=C(c1ccccc1)N1CCOCC1)c1ccc(F)cc1F. The smallest absolute Gasteiger partial charge is 0.287 e. The van der Waals surface area contributed by atoms with Crippen molar-refractivity contribution in [3.8, 4) is 0 Å². The zero-order chi connectivity index (χ0) is 17.9. The summed E-state index contributed by atoms with van der Waals surface area (Å²) in [6.07, 6.45) is 0. The Morgan fingerprint density at radius 2 is 1.72 bits per heavy atom. The maximum Gasteiger partial charge on any atom is 0.287 e. The monoisotopic (exact) mass is 366 g/mol. The molecule has 0 aromatic heterocycles. The highest BCUT2D eigenvalue weighted by Crippen LogP contribution is 2.20. The van der Waals surface area contributed by atoms with Crippen molar-refractivity contribution >= 4 is 15.9 Å². The van der Waals surface area contributed by atoms with Gasteiger partial charge in [0.1, 0.15) is 22.4 Å². The second-order valence-electron chi connectivity index (χ2n) is 5.43. The van der Waals surface area contributed by atoms with Gasteiger partial charge in [0, 0.05) is 24.7 Å². The van der Waals surface area contributed by atoms with Crippen LogP contribution < -0.4 is 0 Å². The lowest BCUT2D eigenvalue weighted by Gasteiger charge is -2.29. The Hall–Kier alpha value is -2.32. The zero-order valence-electron chi connectivity index (χ0n) is 13.2. The first kappa shape index (κ1) is 17.5. The average molecular weight is 366 g/mol. The molecule has 132 valence electrons. The summed E-state index contributed by atoms with van der Waals surface area (Å²) in [5.74, 6) is -1.80. The molecule has 0 bridgehead atoms. The molecule has 0 aliphatic carbocycles. The summed E-state index contributed by atoms with van der Waals surface area (Å²) in [6, 6.07) is 11.1. The molecule has 1 saturated heterocycles. The minimum Gasteiger partial charge on any atom is -0.378 e. The maximum absolute atomic E-state index is 13.9. The van der Waals surface area contributed by atoms with Gasteiger partial charge in [0.25, 0.3) is 10.0 Å². The summed E-state index contributed by atoms with van der Waals surface area (Å²) in [7, 11) is -4.34. The predicted octanol–water partition coefficient (Wildman–Crippen LogP) is 2.43. The Morgan fingerprint density at radius 1 is 1.04 bits per heavy atom. The molecule has 0 saturated carbocycles. The quantitative estimate of drug-likeness (QED) is 0.618. The van der Waals surface area contributed by atoms with E-state index in [1.165, 1.54) is 0 Å². The molecule has 1 aliphatic rings. The number of nitrogens with zero attached hydrogens (tertiary/aromatic N) is 2. The molecule has 1 aliphatic heterocycles. The van der Waals surface area contributed by atoms with E-state index in [1.54, 1.807) is 35.2 Å². The standard InChI is InChI=1S/C17H16F2N2O3S/c18-14-6-7-16(15(19)12-14)25(22,23)20-17(13-4-2-1-3-5-13)21-8-10-24-11-9-21/h1-7,12H,8-11H2. The number of morpholine rings is 1. The Kier molecular flexibility index (Phi) is 5.10. The van der Waals surface area contributed by atoms with Crippen molar-refractivity contribution in [3.63, 3.8) is 0 Å². The predicted molar refractivity (Wildman–Crippen MR) is 88.9 cm³/mol. The number of halogens is 2. The summed E-state index contributed by atoms with van der Waals surface area (Å²) in [5.41, 5.74) is 0.593. The van der Waals surface area contributed by atoms with Crippen LogP contribution in [0.4, 0.5) is 8.78 Å². The maximum atomic E-state index is 13.9. The molecule has 0 unspecified atom stereocenters. The van der Waals surface area contributed by atoms with Gasteiger partial charge < -0.3 is 9.64 Å². The minimum atomic E-state index is -4.34. The van der Waals surface area contributed by atoms with E-state index in [4.69, 9.17) is 4.74 Å². The molecule has 2 aromatic carbocycles. The van der Waals surface area contributed by atoms with Gasteiger partial charge in [-0.15, -0.1) is 4.40 Å². The fraction of sp³-hybridized carbons (Fsp3) is 0.235. The number of hydrogen-bond acceptors (Lipinski definition) is 3. The van der Waals surface area contributed by atoms with Crippen LogP contribution in [0.5, 0.6) is 0 Å². The molecule has 1 heterocycles. The largest absolute Gasteiger partial charge is 0.378 e. The van der Waals surface area contributed by atoms with Gasteiger partial charge in [-0.1, -0.05) is 30.3 Å². The topological polar surface area (TPSA) is 59.0 Å². The van der Waals surface area contributed by atoms with Crippen molar-refractivity contribution < 1.29 is 21.9 Å². The molecule has 1 fully saturated rings. The number of hydrogen-bond donors (Lipinski definition) is 0. The van der Waals surface area contributed by atoms with Crippen molar-refractivity contribution in [3.05, 3.63) is 65.7 Å². The second kappa shape index (κ2) is 7.28. The highest BCUT2D eigenvalue weighted by Gasteiger charge is 2.24. The van der Waals surface area contributed by atoms with Crippen LogP contribution in [-0.4, -0.2) is 45.5 Å². The molecule has 2 aromatic rings. The van der Waals surface area contributed by atoms with E-state index in [2.05, 4.69) is 4.40 Å². The van der Waals surface area contributed by atoms with E-state index in [0.717, 1.165) is 12.1 Å². The minimum absolute atomic E-state index is 0.215. The first-order valence-electron chi connectivity index (χ1n) is 7.65. The van der Waals surface area contributed by atoms with Crippen LogP contribution in [0.15, 0.2) is 57.8 Å². The Morgan fingerprint density at radius 3 is 2.36 bits per heavy atom. The molecule has 0 atom stereocenters. The fourth-order valence-electron chi connectivity index (χ4n) is 2.50. The van der Waals surface area contributed by atoms with Gasteiger partial charge in [-0.05, 0) is 12.1 Å². The van der Waals surface area contributed by atoms with Gasteiger partial charge >= 0.3 is 0 Å². The van der Waals surface area contributed by atoms with Crippen molar-refractivity contribution in [1.82, 2.24) is 4.90 Å². The first-order chi connectivity index (χ1) is 12.0. The van der Waals surface area contributed by atoms with E-state index in [9.17, 15) is 17.2 Å².